The second-order valence-electron chi connectivity index (χ2n) is 8.62. The van der Waals surface area contributed by atoms with Gasteiger partial charge in [0, 0.05) is 12.8 Å². The molecule has 0 radical (unpaired) electrons. The van der Waals surface area contributed by atoms with E-state index in [1.54, 1.807) is 38.5 Å². The summed E-state index contributed by atoms with van der Waals surface area (Å²) in [7, 11) is 0. The predicted octanol–water partition coefficient (Wildman–Crippen LogP) is 5.91. The number of unbranched alkanes of at least 4 members (excludes halogenated alkanes) is 3. The van der Waals surface area contributed by atoms with Gasteiger partial charge in [0.2, 0.25) is 0 Å². The van der Waals surface area contributed by atoms with E-state index in [4.69, 9.17) is 0 Å². The standard InChI is InChI=1S/C20H34O/c1-2-3-7-19(21)8-5-4-6-9-20-13-16-10-17(14-20)12-18(11-16)15-20/h16-18H,2-15H2,1H3. The molecule has 0 aromatic heterocycles. The van der Waals surface area contributed by atoms with E-state index in [-0.39, 0.29) is 0 Å². The molecule has 0 amide bonds. The van der Waals surface area contributed by atoms with Gasteiger partial charge < -0.3 is 0 Å². The third-order valence-electron chi connectivity index (χ3n) is 6.64. The molecule has 4 fully saturated rings. The summed E-state index contributed by atoms with van der Waals surface area (Å²) in [5, 5.41) is 0. The van der Waals surface area contributed by atoms with Crippen LogP contribution in [0.5, 0.6) is 0 Å². The predicted molar refractivity (Wildman–Crippen MR) is 88.2 cm³/mol. The molecule has 1 nitrogen and oxygen atoms in total. The van der Waals surface area contributed by atoms with Crippen LogP contribution in [0.4, 0.5) is 0 Å². The molecule has 0 heterocycles. The smallest absolute Gasteiger partial charge is 0.132 e. The van der Waals surface area contributed by atoms with Gasteiger partial charge in [0.1, 0.15) is 5.78 Å². The fraction of sp³-hybridized carbons (Fsp3) is 0.950. The van der Waals surface area contributed by atoms with Crippen molar-refractivity contribution in [3.8, 4) is 0 Å². The van der Waals surface area contributed by atoms with E-state index in [2.05, 4.69) is 6.92 Å². The summed E-state index contributed by atoms with van der Waals surface area (Å²) in [5.41, 5.74) is 0.751. The third-order valence-corrected chi connectivity index (χ3v) is 6.64. The second kappa shape index (κ2) is 6.84. The molecule has 120 valence electrons. The maximum Gasteiger partial charge on any atom is 0.132 e. The van der Waals surface area contributed by atoms with Crippen LogP contribution in [0.15, 0.2) is 0 Å². The first-order chi connectivity index (χ1) is 10.2. The topological polar surface area (TPSA) is 17.1 Å². The van der Waals surface area contributed by atoms with Crippen molar-refractivity contribution in [2.75, 3.05) is 0 Å². The summed E-state index contributed by atoms with van der Waals surface area (Å²) in [4.78, 5) is 11.7. The molecule has 4 aliphatic carbocycles. The molecule has 0 unspecified atom stereocenters. The summed E-state index contributed by atoms with van der Waals surface area (Å²) < 4.78 is 0. The molecule has 0 spiro atoms. The minimum Gasteiger partial charge on any atom is -0.300 e. The highest BCUT2D eigenvalue weighted by Gasteiger charge is 2.50. The Bertz CT molecular complexity index is 322. The molecule has 0 aromatic carbocycles. The van der Waals surface area contributed by atoms with Gasteiger partial charge in [-0.15, -0.1) is 0 Å². The van der Waals surface area contributed by atoms with Crippen LogP contribution in [0.2, 0.25) is 0 Å². The van der Waals surface area contributed by atoms with Gasteiger partial charge >= 0.3 is 0 Å². The highest BCUT2D eigenvalue weighted by molar-refractivity contribution is 5.78. The molecule has 0 atom stereocenters. The molecule has 0 N–H and O–H groups in total. The summed E-state index contributed by atoms with van der Waals surface area (Å²) in [6.45, 7) is 2.17. The molecule has 4 saturated carbocycles. The lowest BCUT2D eigenvalue weighted by molar-refractivity contribution is -0.119. The quantitative estimate of drug-likeness (QED) is 0.482. The molecule has 0 saturated heterocycles. The van der Waals surface area contributed by atoms with E-state index in [9.17, 15) is 4.79 Å². The SMILES string of the molecule is CCCCC(=O)CCCCCC12CC3CC(CC(C3)C1)C2. The van der Waals surface area contributed by atoms with Crippen molar-refractivity contribution < 1.29 is 4.79 Å². The first-order valence-electron chi connectivity index (χ1n) is 9.71. The molecule has 21 heavy (non-hydrogen) atoms. The van der Waals surface area contributed by atoms with Crippen LogP contribution in [0, 0.1) is 23.2 Å². The average Bonchev–Trinajstić information content (AvgIpc) is 2.43. The zero-order valence-electron chi connectivity index (χ0n) is 14.0. The number of carbonyl (C=O) groups excluding carboxylic acids is 1. The number of ketones is 1. The Hall–Kier alpha value is -0.330. The highest BCUT2D eigenvalue weighted by atomic mass is 16.1. The maximum atomic E-state index is 11.7. The fourth-order valence-electron chi connectivity index (χ4n) is 6.09. The van der Waals surface area contributed by atoms with Crippen LogP contribution < -0.4 is 0 Å². The van der Waals surface area contributed by atoms with E-state index in [0.717, 1.165) is 55.3 Å². The average molecular weight is 290 g/mol. The van der Waals surface area contributed by atoms with Crippen LogP contribution in [0.25, 0.3) is 0 Å². The van der Waals surface area contributed by atoms with Crippen molar-refractivity contribution in [3.05, 3.63) is 0 Å². The van der Waals surface area contributed by atoms with E-state index < -0.39 is 0 Å². The van der Waals surface area contributed by atoms with Gasteiger partial charge in [0.05, 0.1) is 0 Å². The fourth-order valence-corrected chi connectivity index (χ4v) is 6.09. The van der Waals surface area contributed by atoms with Crippen LogP contribution in [0.3, 0.4) is 0 Å². The minimum absolute atomic E-state index is 0.506. The molecule has 1 heteroatoms. The Balaban J connectivity index is 1.33. The van der Waals surface area contributed by atoms with Crippen molar-refractivity contribution in [3.63, 3.8) is 0 Å². The Labute approximate surface area is 131 Å². The van der Waals surface area contributed by atoms with E-state index in [0.29, 0.717) is 5.78 Å². The normalized spacial score (nSPS) is 37.1. The zero-order chi connectivity index (χ0) is 14.7. The van der Waals surface area contributed by atoms with Crippen LogP contribution >= 0.6 is 0 Å². The molecule has 4 bridgehead atoms. The van der Waals surface area contributed by atoms with Crippen molar-refractivity contribution in [1.82, 2.24) is 0 Å². The maximum absolute atomic E-state index is 11.7. The van der Waals surface area contributed by atoms with Gasteiger partial charge in [-0.05, 0) is 81.0 Å². The van der Waals surface area contributed by atoms with Gasteiger partial charge in [-0.3, -0.25) is 4.79 Å². The van der Waals surface area contributed by atoms with Gasteiger partial charge in [0.25, 0.3) is 0 Å². The number of hydrogen-bond donors (Lipinski definition) is 0. The van der Waals surface area contributed by atoms with E-state index in [1.165, 1.54) is 19.3 Å². The molecule has 0 aromatic rings. The van der Waals surface area contributed by atoms with Crippen LogP contribution in [-0.4, -0.2) is 5.78 Å². The second-order valence-corrected chi connectivity index (χ2v) is 8.62. The highest BCUT2D eigenvalue weighted by Crippen LogP contribution is 2.61. The first kappa shape index (κ1) is 15.6. The number of rotatable bonds is 9. The number of hydrogen-bond acceptors (Lipinski definition) is 1. The van der Waals surface area contributed by atoms with E-state index in [1.807, 2.05) is 0 Å². The largest absolute Gasteiger partial charge is 0.300 e. The van der Waals surface area contributed by atoms with Gasteiger partial charge in [-0.25, -0.2) is 0 Å². The van der Waals surface area contributed by atoms with E-state index >= 15 is 0 Å². The minimum atomic E-state index is 0.506. The van der Waals surface area contributed by atoms with Crippen molar-refractivity contribution in [2.45, 2.75) is 96.8 Å². The third kappa shape index (κ3) is 3.90. The monoisotopic (exact) mass is 290 g/mol. The first-order valence-corrected chi connectivity index (χ1v) is 9.71. The molecule has 0 aliphatic heterocycles. The van der Waals surface area contributed by atoms with Gasteiger partial charge in [-0.2, -0.15) is 0 Å². The van der Waals surface area contributed by atoms with Gasteiger partial charge in [0.15, 0.2) is 0 Å². The van der Waals surface area contributed by atoms with Crippen molar-refractivity contribution in [1.29, 1.82) is 0 Å². The molecule has 4 aliphatic rings. The number of Topliss-reactive ketones (excluding diaryl/α,β-unsaturated/α-hetero) is 1. The Morgan fingerprint density at radius 1 is 0.857 bits per heavy atom. The van der Waals surface area contributed by atoms with Gasteiger partial charge in [-0.1, -0.05) is 26.2 Å². The van der Waals surface area contributed by atoms with Crippen molar-refractivity contribution in [2.24, 2.45) is 23.2 Å². The number of carbonyl (C=O) groups is 1. The Morgan fingerprint density at radius 3 is 2.00 bits per heavy atom. The zero-order valence-corrected chi connectivity index (χ0v) is 14.0. The lowest BCUT2D eigenvalue weighted by Crippen LogP contribution is -2.45. The Morgan fingerprint density at radius 2 is 1.43 bits per heavy atom. The molecular weight excluding hydrogens is 256 g/mol. The summed E-state index contributed by atoms with van der Waals surface area (Å²) in [6.07, 6.45) is 18.5. The molecule has 4 rings (SSSR count). The summed E-state index contributed by atoms with van der Waals surface area (Å²) in [6, 6.07) is 0. The molecular formula is C20H34O. The Kier molecular flexibility index (Phi) is 5.07. The van der Waals surface area contributed by atoms with Crippen LogP contribution in [-0.2, 0) is 4.79 Å². The van der Waals surface area contributed by atoms with Crippen molar-refractivity contribution >= 4 is 5.78 Å². The van der Waals surface area contributed by atoms with Crippen LogP contribution in [0.1, 0.15) is 96.8 Å². The lowest BCUT2D eigenvalue weighted by atomic mass is 9.48. The summed E-state index contributed by atoms with van der Waals surface area (Å²) >= 11 is 0. The summed E-state index contributed by atoms with van der Waals surface area (Å²) in [5.74, 6) is 3.78. The lowest BCUT2D eigenvalue weighted by Gasteiger charge is -2.57.